The second-order valence-corrected chi connectivity index (χ2v) is 5.56. The number of hydrogen-bond donors (Lipinski definition) is 0. The van der Waals surface area contributed by atoms with Crippen molar-refractivity contribution in [2.75, 3.05) is 0 Å². The van der Waals surface area contributed by atoms with Gasteiger partial charge in [0.05, 0.1) is 19.5 Å². The highest BCUT2D eigenvalue weighted by Crippen LogP contribution is 2.38. The summed E-state index contributed by atoms with van der Waals surface area (Å²) in [5.74, 6) is 0.833. The maximum atomic E-state index is 6.03. The average Bonchev–Trinajstić information content (AvgIpc) is 2.32. The van der Waals surface area contributed by atoms with Gasteiger partial charge in [0.15, 0.2) is 0 Å². The van der Waals surface area contributed by atoms with Gasteiger partial charge in [0.1, 0.15) is 5.75 Å². The molecule has 2 aromatic rings. The standard InChI is InChI=1S/C12H7BrCl3NO/c1-6-2-3-17-12(11(6)13)18-10-5-8(15)7(14)4-9(10)16/h2-5H,1H3. The summed E-state index contributed by atoms with van der Waals surface area (Å²) in [5, 5.41) is 1.13. The second kappa shape index (κ2) is 5.66. The van der Waals surface area contributed by atoms with E-state index in [0.717, 1.165) is 10.0 Å². The molecule has 0 radical (unpaired) electrons. The van der Waals surface area contributed by atoms with Gasteiger partial charge in [-0.1, -0.05) is 34.8 Å². The van der Waals surface area contributed by atoms with Gasteiger partial charge >= 0.3 is 0 Å². The Morgan fingerprint density at radius 3 is 2.50 bits per heavy atom. The number of hydrogen-bond acceptors (Lipinski definition) is 2. The van der Waals surface area contributed by atoms with Gasteiger partial charge in [0, 0.05) is 12.3 Å². The number of nitrogens with zero attached hydrogens (tertiary/aromatic N) is 1. The minimum atomic E-state index is 0.375. The molecule has 2 nitrogen and oxygen atoms in total. The zero-order valence-electron chi connectivity index (χ0n) is 9.18. The fourth-order valence-corrected chi connectivity index (χ4v) is 2.16. The first-order valence-corrected chi connectivity index (χ1v) is 6.85. The highest BCUT2D eigenvalue weighted by molar-refractivity contribution is 9.10. The molecule has 1 heterocycles. The Labute approximate surface area is 128 Å². The number of halogens is 4. The summed E-state index contributed by atoms with van der Waals surface area (Å²) >= 11 is 21.2. The van der Waals surface area contributed by atoms with Crippen LogP contribution in [0.3, 0.4) is 0 Å². The molecule has 0 amide bonds. The van der Waals surface area contributed by atoms with Crippen LogP contribution in [0.15, 0.2) is 28.9 Å². The third kappa shape index (κ3) is 2.91. The molecule has 0 aliphatic heterocycles. The molecule has 0 unspecified atom stereocenters. The van der Waals surface area contributed by atoms with Gasteiger partial charge in [-0.2, -0.15) is 0 Å². The number of ether oxygens (including phenoxy) is 1. The first kappa shape index (κ1) is 13.9. The Kier molecular flexibility index (Phi) is 4.38. The van der Waals surface area contributed by atoms with Crippen LogP contribution in [0.4, 0.5) is 0 Å². The van der Waals surface area contributed by atoms with Gasteiger partial charge in [-0.25, -0.2) is 4.98 Å². The number of rotatable bonds is 2. The summed E-state index contributed by atoms with van der Waals surface area (Å²) in [6, 6.07) is 4.96. The van der Waals surface area contributed by atoms with E-state index < -0.39 is 0 Å². The highest BCUT2D eigenvalue weighted by atomic mass is 79.9. The van der Waals surface area contributed by atoms with Gasteiger partial charge in [0.2, 0.25) is 5.88 Å². The molecule has 0 fully saturated rings. The van der Waals surface area contributed by atoms with E-state index in [1.807, 2.05) is 13.0 Å². The highest BCUT2D eigenvalue weighted by Gasteiger charge is 2.11. The summed E-state index contributed by atoms with van der Waals surface area (Å²) in [4.78, 5) is 4.12. The second-order valence-electron chi connectivity index (χ2n) is 3.55. The van der Waals surface area contributed by atoms with Gasteiger partial charge in [-0.3, -0.25) is 0 Å². The lowest BCUT2D eigenvalue weighted by Gasteiger charge is -2.10. The fraction of sp³-hybridized carbons (Fsp3) is 0.0833. The molecular formula is C12H7BrCl3NO. The molecule has 0 bridgehead atoms. The maximum absolute atomic E-state index is 6.03. The Balaban J connectivity index is 2.40. The molecular weight excluding hydrogens is 360 g/mol. The maximum Gasteiger partial charge on any atom is 0.233 e. The van der Waals surface area contributed by atoms with E-state index in [-0.39, 0.29) is 0 Å². The van der Waals surface area contributed by atoms with Crippen molar-refractivity contribution in [1.29, 1.82) is 0 Å². The third-order valence-corrected chi connectivity index (χ3v) is 4.21. The molecule has 1 aromatic heterocycles. The molecule has 0 atom stereocenters. The zero-order chi connectivity index (χ0) is 13.3. The molecule has 0 saturated heterocycles. The average molecular weight is 367 g/mol. The van der Waals surface area contributed by atoms with Crippen molar-refractivity contribution in [2.24, 2.45) is 0 Å². The Morgan fingerprint density at radius 1 is 1.11 bits per heavy atom. The van der Waals surface area contributed by atoms with Gasteiger partial charge in [-0.05, 0) is 40.5 Å². The van der Waals surface area contributed by atoms with Crippen LogP contribution in [-0.2, 0) is 0 Å². The van der Waals surface area contributed by atoms with Crippen LogP contribution in [0.1, 0.15) is 5.56 Å². The van der Waals surface area contributed by atoms with Crippen molar-refractivity contribution in [3.05, 3.63) is 49.5 Å². The molecule has 0 aliphatic rings. The minimum absolute atomic E-state index is 0.375. The van der Waals surface area contributed by atoms with Crippen LogP contribution in [-0.4, -0.2) is 4.98 Å². The number of aryl methyl sites for hydroxylation is 1. The Morgan fingerprint density at radius 2 is 1.78 bits per heavy atom. The molecule has 0 N–H and O–H groups in total. The predicted octanol–water partition coefficient (Wildman–Crippen LogP) is 5.91. The Bertz CT molecular complexity index is 604. The van der Waals surface area contributed by atoms with E-state index in [9.17, 15) is 0 Å². The summed E-state index contributed by atoms with van der Waals surface area (Å²) in [7, 11) is 0. The van der Waals surface area contributed by atoms with Gasteiger partial charge < -0.3 is 4.74 Å². The van der Waals surface area contributed by atoms with Crippen molar-refractivity contribution < 1.29 is 4.74 Å². The normalized spacial score (nSPS) is 10.5. The summed E-state index contributed by atoms with van der Waals surface area (Å²) < 4.78 is 6.39. The van der Waals surface area contributed by atoms with E-state index in [1.54, 1.807) is 12.3 Å². The lowest BCUT2D eigenvalue weighted by atomic mass is 10.3. The van der Waals surface area contributed by atoms with E-state index in [2.05, 4.69) is 20.9 Å². The van der Waals surface area contributed by atoms with Crippen LogP contribution < -0.4 is 4.74 Å². The van der Waals surface area contributed by atoms with E-state index in [0.29, 0.717) is 26.7 Å². The first-order valence-electron chi connectivity index (χ1n) is 4.92. The summed E-state index contributed by atoms with van der Waals surface area (Å²) in [6.07, 6.45) is 1.65. The van der Waals surface area contributed by atoms with Gasteiger partial charge in [0.25, 0.3) is 0 Å². The SMILES string of the molecule is Cc1ccnc(Oc2cc(Cl)c(Cl)cc2Cl)c1Br. The van der Waals surface area contributed by atoms with E-state index in [4.69, 9.17) is 39.5 Å². The van der Waals surface area contributed by atoms with Crippen LogP contribution in [0.25, 0.3) is 0 Å². The molecule has 6 heteroatoms. The minimum Gasteiger partial charge on any atom is -0.436 e. The molecule has 0 saturated carbocycles. The lowest BCUT2D eigenvalue weighted by molar-refractivity contribution is 0.459. The van der Waals surface area contributed by atoms with Crippen molar-refractivity contribution in [1.82, 2.24) is 4.98 Å². The largest absolute Gasteiger partial charge is 0.436 e. The van der Waals surface area contributed by atoms with Crippen LogP contribution in [0, 0.1) is 6.92 Å². The van der Waals surface area contributed by atoms with Crippen LogP contribution in [0.2, 0.25) is 15.1 Å². The predicted molar refractivity (Wildman–Crippen MR) is 78.2 cm³/mol. The summed E-state index contributed by atoms with van der Waals surface area (Å²) in [5.41, 5.74) is 1.01. The lowest BCUT2D eigenvalue weighted by Crippen LogP contribution is -1.91. The zero-order valence-corrected chi connectivity index (χ0v) is 13.0. The smallest absolute Gasteiger partial charge is 0.233 e. The quantitative estimate of drug-likeness (QED) is 0.616. The molecule has 18 heavy (non-hydrogen) atoms. The summed E-state index contributed by atoms with van der Waals surface area (Å²) in [6.45, 7) is 1.94. The van der Waals surface area contributed by atoms with Crippen molar-refractivity contribution in [3.63, 3.8) is 0 Å². The number of aromatic nitrogens is 1. The van der Waals surface area contributed by atoms with Crippen molar-refractivity contribution in [2.45, 2.75) is 6.92 Å². The molecule has 1 aromatic carbocycles. The number of pyridine rings is 1. The first-order chi connectivity index (χ1) is 8.49. The van der Waals surface area contributed by atoms with Crippen LogP contribution in [0.5, 0.6) is 11.6 Å². The molecule has 2 rings (SSSR count). The molecule has 0 aliphatic carbocycles. The molecule has 94 valence electrons. The Hall–Kier alpha value is -0.480. The van der Waals surface area contributed by atoms with E-state index in [1.165, 1.54) is 6.07 Å². The third-order valence-electron chi connectivity index (χ3n) is 2.23. The van der Waals surface area contributed by atoms with Gasteiger partial charge in [-0.15, -0.1) is 0 Å². The van der Waals surface area contributed by atoms with Crippen LogP contribution >= 0.6 is 50.7 Å². The van der Waals surface area contributed by atoms with E-state index >= 15 is 0 Å². The monoisotopic (exact) mass is 365 g/mol. The topological polar surface area (TPSA) is 22.1 Å². The number of benzene rings is 1. The van der Waals surface area contributed by atoms with Crippen molar-refractivity contribution >= 4 is 50.7 Å². The van der Waals surface area contributed by atoms with Crippen molar-refractivity contribution in [3.8, 4) is 11.6 Å². The molecule has 0 spiro atoms. The fourth-order valence-electron chi connectivity index (χ4n) is 1.27.